The highest BCUT2D eigenvalue weighted by Crippen LogP contribution is 2.30. The van der Waals surface area contributed by atoms with Crippen LogP contribution in [0.5, 0.6) is 0 Å². The summed E-state index contributed by atoms with van der Waals surface area (Å²) < 4.78 is 5.46. The Labute approximate surface area is 63.6 Å². The first-order valence-electron chi connectivity index (χ1n) is 3.65. The van der Waals surface area contributed by atoms with Crippen LogP contribution in [0.4, 0.5) is 0 Å². The molecule has 0 saturated carbocycles. The monoisotopic (exact) mass is 142 g/mol. The zero-order valence-electron chi connectivity index (χ0n) is 5.87. The highest BCUT2D eigenvalue weighted by Gasteiger charge is 2.06. The number of fused-ring (bicyclic) bond motifs is 5. The van der Waals surface area contributed by atoms with Gasteiger partial charge in [0.2, 0.25) is 0 Å². The number of furan rings is 2. The van der Waals surface area contributed by atoms with Crippen LogP contribution in [0.25, 0.3) is 21.9 Å². The number of hydrogen-bond donors (Lipinski definition) is 0. The van der Waals surface area contributed by atoms with Gasteiger partial charge in [-0.15, -0.1) is 0 Å². The largest absolute Gasteiger partial charge is 0.456 e. The van der Waals surface area contributed by atoms with Crippen molar-refractivity contribution in [3.63, 3.8) is 0 Å². The predicted octanol–water partition coefficient (Wildman–Crippen LogP) is 3.02. The summed E-state index contributed by atoms with van der Waals surface area (Å²) in [6.07, 6.45) is 0. The van der Waals surface area contributed by atoms with Crippen LogP contribution >= 0.6 is 0 Å². The molecule has 1 aromatic carbocycles. The molecule has 11 heavy (non-hydrogen) atoms. The van der Waals surface area contributed by atoms with Crippen LogP contribution in [0.1, 0.15) is 0 Å². The average molecular weight is 142 g/mol. The molecule has 0 aliphatic rings. The Morgan fingerprint density at radius 1 is 0.727 bits per heavy atom. The minimum Gasteiger partial charge on any atom is -0.456 e. The molecule has 1 nitrogen and oxygen atoms in total. The average Bonchev–Trinajstić information content (AvgIpc) is 2.64. The van der Waals surface area contributed by atoms with Crippen molar-refractivity contribution in [1.29, 1.82) is 0 Å². The number of hydrogen-bond acceptors (Lipinski definition) is 1. The van der Waals surface area contributed by atoms with Gasteiger partial charge in [-0.25, -0.2) is 0 Å². The highest BCUT2D eigenvalue weighted by molar-refractivity contribution is 6.06. The number of rotatable bonds is 0. The van der Waals surface area contributed by atoms with Crippen molar-refractivity contribution in [1.82, 2.24) is 0 Å². The van der Waals surface area contributed by atoms with Gasteiger partial charge in [0, 0.05) is 10.8 Å². The van der Waals surface area contributed by atoms with Crippen molar-refractivity contribution in [2.75, 3.05) is 0 Å². The van der Waals surface area contributed by atoms with E-state index in [0.29, 0.717) is 0 Å². The molecule has 0 aliphatic carbocycles. The fraction of sp³-hybridized carbons (Fsp3) is 0. The van der Waals surface area contributed by atoms with Crippen molar-refractivity contribution < 1.29 is 4.42 Å². The summed E-state index contributed by atoms with van der Waals surface area (Å²) in [4.78, 5) is 0. The first-order chi connectivity index (χ1) is 5.45. The van der Waals surface area contributed by atoms with Gasteiger partial charge in [-0.2, -0.15) is 0 Å². The molecule has 1 heteroatoms. The standard InChI is InChI=1S/C10H6O/c1-2-4-8-7(3-1)9-5-6-10(8)11-9/h1-6H. The van der Waals surface area contributed by atoms with Crippen LogP contribution in [-0.2, 0) is 0 Å². The summed E-state index contributed by atoms with van der Waals surface area (Å²) in [5, 5.41) is 2.45. The molecule has 0 fully saturated rings. The number of benzene rings is 2. The second-order valence-corrected chi connectivity index (χ2v) is 2.71. The summed E-state index contributed by atoms with van der Waals surface area (Å²) in [6, 6.07) is 12.3. The summed E-state index contributed by atoms with van der Waals surface area (Å²) in [6.45, 7) is 0. The highest BCUT2D eigenvalue weighted by atomic mass is 16.3. The normalized spacial score (nSPS) is 11.6. The van der Waals surface area contributed by atoms with E-state index in [1.807, 2.05) is 24.3 Å². The summed E-state index contributed by atoms with van der Waals surface area (Å²) in [7, 11) is 0. The second kappa shape index (κ2) is 1.56. The van der Waals surface area contributed by atoms with Gasteiger partial charge in [-0.3, -0.25) is 0 Å². The Hall–Kier alpha value is -1.50. The molecule has 2 bridgehead atoms. The lowest BCUT2D eigenvalue weighted by atomic mass is 10.1. The molecule has 2 aromatic heterocycles. The fourth-order valence-electron chi connectivity index (χ4n) is 1.54. The van der Waals surface area contributed by atoms with Gasteiger partial charge in [0.15, 0.2) is 0 Å². The van der Waals surface area contributed by atoms with Gasteiger partial charge in [0.1, 0.15) is 11.2 Å². The van der Waals surface area contributed by atoms with E-state index in [2.05, 4.69) is 12.1 Å². The molecule has 0 amide bonds. The van der Waals surface area contributed by atoms with Crippen LogP contribution in [0.2, 0.25) is 0 Å². The van der Waals surface area contributed by atoms with E-state index in [-0.39, 0.29) is 0 Å². The van der Waals surface area contributed by atoms with Gasteiger partial charge >= 0.3 is 0 Å². The van der Waals surface area contributed by atoms with Crippen LogP contribution in [0, 0.1) is 0 Å². The molecule has 2 heterocycles. The Morgan fingerprint density at radius 3 is 1.82 bits per heavy atom. The van der Waals surface area contributed by atoms with Gasteiger partial charge in [-0.1, -0.05) is 24.3 Å². The zero-order chi connectivity index (χ0) is 7.26. The maximum absolute atomic E-state index is 5.46. The third-order valence-electron chi connectivity index (χ3n) is 2.06. The zero-order valence-corrected chi connectivity index (χ0v) is 5.87. The van der Waals surface area contributed by atoms with E-state index in [1.165, 1.54) is 10.8 Å². The predicted molar refractivity (Wildman–Crippen MR) is 44.9 cm³/mol. The molecular formula is C10H6O. The van der Waals surface area contributed by atoms with Crippen molar-refractivity contribution in [3.8, 4) is 0 Å². The van der Waals surface area contributed by atoms with Gasteiger partial charge < -0.3 is 4.42 Å². The molecule has 52 valence electrons. The van der Waals surface area contributed by atoms with Crippen molar-refractivity contribution >= 4 is 21.9 Å². The van der Waals surface area contributed by atoms with Gasteiger partial charge in [0.05, 0.1) is 0 Å². The first-order valence-corrected chi connectivity index (χ1v) is 3.65. The van der Waals surface area contributed by atoms with E-state index in [0.717, 1.165) is 11.2 Å². The van der Waals surface area contributed by atoms with Crippen molar-refractivity contribution in [3.05, 3.63) is 36.4 Å². The van der Waals surface area contributed by atoms with Crippen molar-refractivity contribution in [2.24, 2.45) is 0 Å². The fourth-order valence-corrected chi connectivity index (χ4v) is 1.54. The van der Waals surface area contributed by atoms with Crippen LogP contribution in [0.15, 0.2) is 40.8 Å². The van der Waals surface area contributed by atoms with E-state index >= 15 is 0 Å². The van der Waals surface area contributed by atoms with E-state index in [1.54, 1.807) is 0 Å². The molecule has 0 aliphatic heterocycles. The molecule has 0 spiro atoms. The van der Waals surface area contributed by atoms with E-state index in [9.17, 15) is 0 Å². The lowest BCUT2D eigenvalue weighted by Crippen LogP contribution is -1.64. The molecule has 0 radical (unpaired) electrons. The summed E-state index contributed by atoms with van der Waals surface area (Å²) in [5.74, 6) is 0. The van der Waals surface area contributed by atoms with Gasteiger partial charge in [-0.05, 0) is 12.1 Å². The molecular weight excluding hydrogens is 136 g/mol. The van der Waals surface area contributed by atoms with Crippen LogP contribution in [0.3, 0.4) is 0 Å². The molecule has 3 aromatic rings. The Kier molecular flexibility index (Phi) is 0.737. The summed E-state index contributed by atoms with van der Waals surface area (Å²) in [5.41, 5.74) is 1.99. The lowest BCUT2D eigenvalue weighted by Gasteiger charge is -1.86. The smallest absolute Gasteiger partial charge is 0.135 e. The Bertz CT molecular complexity index is 448. The minimum atomic E-state index is 0.996. The maximum Gasteiger partial charge on any atom is 0.135 e. The SMILES string of the molecule is c1ccc2c3ccc(o3)c2c1. The summed E-state index contributed by atoms with van der Waals surface area (Å²) >= 11 is 0. The van der Waals surface area contributed by atoms with E-state index in [4.69, 9.17) is 4.42 Å². The van der Waals surface area contributed by atoms with E-state index < -0.39 is 0 Å². The Morgan fingerprint density at radius 2 is 1.27 bits per heavy atom. The third kappa shape index (κ3) is 0.511. The minimum absolute atomic E-state index is 0.996. The van der Waals surface area contributed by atoms with Crippen LogP contribution < -0.4 is 0 Å². The first kappa shape index (κ1) is 5.19. The third-order valence-corrected chi connectivity index (χ3v) is 2.06. The van der Waals surface area contributed by atoms with Crippen LogP contribution in [-0.4, -0.2) is 0 Å². The quantitative estimate of drug-likeness (QED) is 0.470. The molecule has 0 unspecified atom stereocenters. The van der Waals surface area contributed by atoms with Gasteiger partial charge in [0.25, 0.3) is 0 Å². The molecule has 0 saturated heterocycles. The molecule has 0 atom stereocenters. The maximum atomic E-state index is 5.46. The second-order valence-electron chi connectivity index (χ2n) is 2.71. The molecule has 3 rings (SSSR count). The topological polar surface area (TPSA) is 13.1 Å². The molecule has 0 N–H and O–H groups in total. The van der Waals surface area contributed by atoms with Crippen molar-refractivity contribution in [2.45, 2.75) is 0 Å². The Balaban J connectivity index is 2.76. The lowest BCUT2D eigenvalue weighted by molar-refractivity contribution is 0.679.